The zero-order valence-electron chi connectivity index (χ0n) is 17.8. The molecule has 0 radical (unpaired) electrons. The number of methoxy groups -OCH3 is 1. The zero-order chi connectivity index (χ0) is 22.2. The molecule has 1 aromatic heterocycles. The maximum absolute atomic E-state index is 13.3. The molecule has 2 bridgehead atoms. The predicted octanol–water partition coefficient (Wildman–Crippen LogP) is 3.66. The molecule has 1 saturated heterocycles. The Bertz CT molecular complexity index is 1270. The second kappa shape index (κ2) is 8.01. The van der Waals surface area contributed by atoms with Gasteiger partial charge >= 0.3 is 0 Å². The summed E-state index contributed by atoms with van der Waals surface area (Å²) in [5, 5.41) is 8.98. The smallest absolute Gasteiger partial charge is 0.258 e. The van der Waals surface area contributed by atoms with Crippen LogP contribution in [0.15, 0.2) is 65.5 Å². The van der Waals surface area contributed by atoms with E-state index in [1.807, 2.05) is 45.9 Å². The van der Waals surface area contributed by atoms with Crippen LogP contribution in [0.1, 0.15) is 34.0 Å². The van der Waals surface area contributed by atoms with Gasteiger partial charge in [0.1, 0.15) is 5.75 Å². The number of aromatic nitrogens is 1. The van der Waals surface area contributed by atoms with Crippen LogP contribution in [0.25, 0.3) is 11.1 Å². The fourth-order valence-electron chi connectivity index (χ4n) is 4.97. The summed E-state index contributed by atoms with van der Waals surface area (Å²) in [6.07, 6.45) is 0.985. The Morgan fingerprint density at radius 2 is 1.75 bits per heavy atom. The topological polar surface area (TPSA) is 75.3 Å². The van der Waals surface area contributed by atoms with E-state index >= 15 is 0 Å². The molecule has 32 heavy (non-hydrogen) atoms. The largest absolute Gasteiger partial charge is 0.497 e. The fraction of sp³-hybridized carbons (Fsp3) is 0.269. The van der Waals surface area contributed by atoms with Crippen LogP contribution >= 0.6 is 0 Å². The van der Waals surface area contributed by atoms with Crippen LogP contribution in [0.3, 0.4) is 0 Å². The van der Waals surface area contributed by atoms with Gasteiger partial charge in [0.25, 0.3) is 11.5 Å². The van der Waals surface area contributed by atoms with Gasteiger partial charge in [0.05, 0.1) is 18.7 Å². The van der Waals surface area contributed by atoms with Gasteiger partial charge in [0.15, 0.2) is 0 Å². The molecule has 0 saturated carbocycles. The van der Waals surface area contributed by atoms with Crippen LogP contribution in [-0.2, 0) is 6.54 Å². The van der Waals surface area contributed by atoms with Crippen LogP contribution in [0.2, 0.25) is 0 Å². The number of fused-ring (bicyclic) bond motifs is 4. The standard InChI is InChI=1S/C26H23N3O3/c1-32-22-8-6-19(7-9-22)23-10-11-24-21-12-18(15-29(24)26(23)31)14-28(16-21)25(30)20-4-2-17(13-27)3-5-20/h2-11,18,21H,12,14-16H2,1H3/t18-,21+/m0/s1. The number of nitrogens with zero attached hydrogens (tertiary/aromatic N) is 3. The highest BCUT2D eigenvalue weighted by Crippen LogP contribution is 2.36. The molecule has 0 aliphatic carbocycles. The first-order valence-corrected chi connectivity index (χ1v) is 10.7. The first kappa shape index (κ1) is 20.1. The van der Waals surface area contributed by atoms with Crippen molar-refractivity contribution in [3.05, 3.63) is 87.8 Å². The molecule has 2 aliphatic rings. The van der Waals surface area contributed by atoms with E-state index < -0.39 is 0 Å². The van der Waals surface area contributed by atoms with E-state index in [0.29, 0.717) is 36.3 Å². The molecular formula is C26H23N3O3. The number of piperidine rings is 1. The van der Waals surface area contributed by atoms with Crippen LogP contribution in [0.4, 0.5) is 0 Å². The van der Waals surface area contributed by atoms with Gasteiger partial charge in [-0.05, 0) is 66.4 Å². The van der Waals surface area contributed by atoms with Crippen molar-refractivity contribution in [2.75, 3.05) is 20.2 Å². The lowest BCUT2D eigenvalue weighted by Crippen LogP contribution is -2.49. The van der Waals surface area contributed by atoms with E-state index in [-0.39, 0.29) is 23.3 Å². The van der Waals surface area contributed by atoms with Gasteiger partial charge < -0.3 is 14.2 Å². The highest BCUT2D eigenvalue weighted by atomic mass is 16.5. The van der Waals surface area contributed by atoms with Gasteiger partial charge in [0.2, 0.25) is 0 Å². The lowest BCUT2D eigenvalue weighted by Gasteiger charge is -2.43. The maximum Gasteiger partial charge on any atom is 0.258 e. The lowest BCUT2D eigenvalue weighted by molar-refractivity contribution is 0.0594. The molecule has 0 spiro atoms. The number of benzene rings is 2. The molecule has 2 aromatic carbocycles. The van der Waals surface area contributed by atoms with Gasteiger partial charge in [-0.2, -0.15) is 5.26 Å². The summed E-state index contributed by atoms with van der Waals surface area (Å²) >= 11 is 0. The summed E-state index contributed by atoms with van der Waals surface area (Å²) in [6, 6.07) is 20.3. The van der Waals surface area contributed by atoms with E-state index in [1.54, 1.807) is 31.4 Å². The Morgan fingerprint density at radius 3 is 2.44 bits per heavy atom. The minimum absolute atomic E-state index is 0.0187. The Morgan fingerprint density at radius 1 is 1.00 bits per heavy atom. The third-order valence-corrected chi connectivity index (χ3v) is 6.55. The van der Waals surface area contributed by atoms with Crippen molar-refractivity contribution in [2.45, 2.75) is 18.9 Å². The maximum atomic E-state index is 13.3. The van der Waals surface area contributed by atoms with Crippen molar-refractivity contribution in [1.29, 1.82) is 5.26 Å². The second-order valence-corrected chi connectivity index (χ2v) is 8.51. The molecule has 5 rings (SSSR count). The van der Waals surface area contributed by atoms with Crippen LogP contribution in [-0.4, -0.2) is 35.6 Å². The summed E-state index contributed by atoms with van der Waals surface area (Å²) < 4.78 is 7.12. The van der Waals surface area contributed by atoms with E-state index in [2.05, 4.69) is 6.07 Å². The van der Waals surface area contributed by atoms with Crippen LogP contribution in [0.5, 0.6) is 5.75 Å². The fourth-order valence-corrected chi connectivity index (χ4v) is 4.97. The second-order valence-electron chi connectivity index (χ2n) is 8.51. The van der Waals surface area contributed by atoms with Gasteiger partial charge in [-0.15, -0.1) is 0 Å². The Balaban J connectivity index is 1.42. The molecule has 2 atom stereocenters. The number of nitriles is 1. The lowest BCUT2D eigenvalue weighted by atomic mass is 9.82. The molecule has 1 amide bonds. The number of hydrogen-bond acceptors (Lipinski definition) is 4. The van der Waals surface area contributed by atoms with Crippen molar-refractivity contribution < 1.29 is 9.53 Å². The Kier molecular flexibility index (Phi) is 5.02. The third kappa shape index (κ3) is 3.46. The predicted molar refractivity (Wildman–Crippen MR) is 121 cm³/mol. The van der Waals surface area contributed by atoms with E-state index in [1.165, 1.54) is 0 Å². The summed E-state index contributed by atoms with van der Waals surface area (Å²) in [5.41, 5.74) is 3.71. The number of likely N-dealkylation sites (tertiary alicyclic amines) is 1. The van der Waals surface area contributed by atoms with E-state index in [9.17, 15) is 9.59 Å². The third-order valence-electron chi connectivity index (χ3n) is 6.55. The number of ether oxygens (including phenoxy) is 1. The first-order valence-electron chi connectivity index (χ1n) is 10.7. The average Bonchev–Trinajstić information content (AvgIpc) is 2.84. The van der Waals surface area contributed by atoms with Crippen molar-refractivity contribution in [3.8, 4) is 22.9 Å². The molecule has 2 aliphatic heterocycles. The van der Waals surface area contributed by atoms with Crippen LogP contribution < -0.4 is 10.3 Å². The minimum Gasteiger partial charge on any atom is -0.497 e. The van der Waals surface area contributed by atoms with Gasteiger partial charge in [-0.3, -0.25) is 9.59 Å². The summed E-state index contributed by atoms with van der Waals surface area (Å²) in [5.74, 6) is 1.12. The molecule has 0 unspecified atom stereocenters. The molecule has 3 aromatic rings. The Labute approximate surface area is 186 Å². The van der Waals surface area contributed by atoms with Crippen molar-refractivity contribution in [3.63, 3.8) is 0 Å². The van der Waals surface area contributed by atoms with E-state index in [4.69, 9.17) is 10.00 Å². The molecular weight excluding hydrogens is 402 g/mol. The van der Waals surface area contributed by atoms with Crippen LogP contribution in [0, 0.1) is 17.2 Å². The number of rotatable bonds is 3. The monoisotopic (exact) mass is 425 g/mol. The molecule has 0 N–H and O–H groups in total. The van der Waals surface area contributed by atoms with E-state index in [0.717, 1.165) is 23.4 Å². The number of pyridine rings is 1. The minimum atomic E-state index is -0.0187. The first-order chi connectivity index (χ1) is 15.6. The zero-order valence-corrected chi connectivity index (χ0v) is 17.8. The Hall–Kier alpha value is -3.85. The number of amides is 1. The number of carbonyl (C=O) groups excluding carboxylic acids is 1. The summed E-state index contributed by atoms with van der Waals surface area (Å²) in [7, 11) is 1.62. The van der Waals surface area contributed by atoms with Crippen molar-refractivity contribution in [2.24, 2.45) is 5.92 Å². The van der Waals surface area contributed by atoms with Crippen molar-refractivity contribution in [1.82, 2.24) is 9.47 Å². The van der Waals surface area contributed by atoms with Gasteiger partial charge in [-0.25, -0.2) is 0 Å². The quantitative estimate of drug-likeness (QED) is 0.642. The summed E-state index contributed by atoms with van der Waals surface area (Å²) in [6.45, 7) is 1.84. The summed E-state index contributed by atoms with van der Waals surface area (Å²) in [4.78, 5) is 28.3. The number of carbonyl (C=O) groups is 1. The molecule has 3 heterocycles. The normalized spacial score (nSPS) is 19.1. The van der Waals surface area contributed by atoms with Crippen molar-refractivity contribution >= 4 is 5.91 Å². The highest BCUT2D eigenvalue weighted by Gasteiger charge is 2.37. The molecule has 6 heteroatoms. The molecule has 160 valence electrons. The number of hydrogen-bond donors (Lipinski definition) is 0. The van der Waals surface area contributed by atoms with Gasteiger partial charge in [-0.1, -0.05) is 12.1 Å². The van der Waals surface area contributed by atoms with Gasteiger partial charge in [0, 0.05) is 42.4 Å². The average molecular weight is 425 g/mol. The SMILES string of the molecule is COc1ccc(-c2ccc3n(c2=O)C[C@H]2C[C@@H]3CN(C(=O)c3ccc(C#N)cc3)C2)cc1. The highest BCUT2D eigenvalue weighted by molar-refractivity contribution is 5.94. The molecule has 1 fully saturated rings. The molecule has 6 nitrogen and oxygen atoms in total.